The summed E-state index contributed by atoms with van der Waals surface area (Å²) in [4.78, 5) is 25.0. The first kappa shape index (κ1) is 19.3. The van der Waals surface area contributed by atoms with Gasteiger partial charge in [0.1, 0.15) is 10.7 Å². The van der Waals surface area contributed by atoms with Crippen LogP contribution in [0, 0.1) is 5.82 Å². The van der Waals surface area contributed by atoms with Crippen LogP contribution in [-0.2, 0) is 9.53 Å². The number of carbonyl (C=O) groups excluding carboxylic acids is 2. The van der Waals surface area contributed by atoms with Crippen molar-refractivity contribution < 1.29 is 18.7 Å². The summed E-state index contributed by atoms with van der Waals surface area (Å²) < 4.78 is 19.0. The number of halogens is 2. The second kappa shape index (κ2) is 8.50. The van der Waals surface area contributed by atoms with Crippen molar-refractivity contribution in [3.05, 3.63) is 69.8 Å². The Morgan fingerprint density at radius 2 is 1.96 bits per heavy atom. The minimum atomic E-state index is -0.559. The molecule has 4 nitrogen and oxygen atoms in total. The van der Waals surface area contributed by atoms with Crippen LogP contribution in [0.2, 0.25) is 5.02 Å². The summed E-state index contributed by atoms with van der Waals surface area (Å²) in [7, 11) is 0. The highest BCUT2D eigenvalue weighted by atomic mass is 35.5. The summed E-state index contributed by atoms with van der Waals surface area (Å²) in [6.07, 6.45) is 0.000730. The predicted octanol–water partition coefficient (Wildman–Crippen LogP) is 5.12. The Kier molecular flexibility index (Phi) is 6.08. The maximum atomic E-state index is 13.4. The number of amides is 1. The Bertz CT molecular complexity index is 974. The van der Waals surface area contributed by atoms with Gasteiger partial charge < -0.3 is 10.1 Å². The van der Waals surface area contributed by atoms with E-state index in [-0.39, 0.29) is 22.9 Å². The van der Waals surface area contributed by atoms with Crippen molar-refractivity contribution in [2.45, 2.75) is 19.4 Å². The zero-order valence-corrected chi connectivity index (χ0v) is 16.1. The third-order valence-corrected chi connectivity index (χ3v) is 5.64. The van der Waals surface area contributed by atoms with E-state index in [0.29, 0.717) is 10.1 Å². The Hall–Kier alpha value is -2.44. The van der Waals surface area contributed by atoms with Crippen LogP contribution >= 0.6 is 22.9 Å². The van der Waals surface area contributed by atoms with Gasteiger partial charge in [-0.05, 0) is 30.7 Å². The summed E-state index contributed by atoms with van der Waals surface area (Å²) in [5.74, 6) is -1.22. The number of carbonyl (C=O) groups is 2. The van der Waals surface area contributed by atoms with Crippen LogP contribution in [0.1, 0.15) is 34.6 Å². The predicted molar refractivity (Wildman–Crippen MR) is 105 cm³/mol. The molecule has 0 saturated heterocycles. The van der Waals surface area contributed by atoms with E-state index in [1.54, 1.807) is 13.0 Å². The lowest BCUT2D eigenvalue weighted by molar-refractivity contribution is -0.143. The third kappa shape index (κ3) is 4.46. The van der Waals surface area contributed by atoms with Crippen LogP contribution in [0.25, 0.3) is 10.1 Å². The summed E-state index contributed by atoms with van der Waals surface area (Å²) in [6, 6.07) is 12.8. The molecular weight excluding hydrogens is 389 g/mol. The Balaban J connectivity index is 1.88. The maximum absolute atomic E-state index is 13.4. The number of nitrogens with one attached hydrogen (secondary N) is 1. The number of thiophene rings is 1. The number of esters is 1. The van der Waals surface area contributed by atoms with E-state index in [0.717, 1.165) is 16.9 Å². The largest absolute Gasteiger partial charge is 0.466 e. The molecule has 7 heteroatoms. The van der Waals surface area contributed by atoms with Crippen LogP contribution in [0.15, 0.2) is 48.5 Å². The maximum Gasteiger partial charge on any atom is 0.308 e. The van der Waals surface area contributed by atoms with Gasteiger partial charge >= 0.3 is 5.97 Å². The summed E-state index contributed by atoms with van der Waals surface area (Å²) in [5.41, 5.74) is 0.780. The molecule has 0 aliphatic carbocycles. The lowest BCUT2D eigenvalue weighted by Gasteiger charge is -2.18. The molecule has 27 heavy (non-hydrogen) atoms. The van der Waals surface area contributed by atoms with Gasteiger partial charge in [0.25, 0.3) is 5.91 Å². The Morgan fingerprint density at radius 1 is 1.22 bits per heavy atom. The highest BCUT2D eigenvalue weighted by molar-refractivity contribution is 7.21. The van der Waals surface area contributed by atoms with Gasteiger partial charge in [-0.2, -0.15) is 0 Å². The van der Waals surface area contributed by atoms with E-state index in [2.05, 4.69) is 5.32 Å². The van der Waals surface area contributed by atoms with E-state index >= 15 is 0 Å². The zero-order valence-electron chi connectivity index (χ0n) is 14.5. The van der Waals surface area contributed by atoms with E-state index in [4.69, 9.17) is 16.3 Å². The van der Waals surface area contributed by atoms with Crippen molar-refractivity contribution in [2.24, 2.45) is 0 Å². The van der Waals surface area contributed by atoms with Crippen LogP contribution in [0.4, 0.5) is 4.39 Å². The number of rotatable bonds is 6. The van der Waals surface area contributed by atoms with Crippen LogP contribution < -0.4 is 5.32 Å². The fraction of sp³-hybridized carbons (Fsp3) is 0.200. The first-order valence-electron chi connectivity index (χ1n) is 8.38. The van der Waals surface area contributed by atoms with Crippen LogP contribution in [0.5, 0.6) is 0 Å². The van der Waals surface area contributed by atoms with Crippen molar-refractivity contribution in [3.8, 4) is 0 Å². The van der Waals surface area contributed by atoms with Gasteiger partial charge in [0, 0.05) is 10.1 Å². The molecule has 1 aromatic heterocycles. The molecule has 0 saturated carbocycles. The van der Waals surface area contributed by atoms with E-state index < -0.39 is 23.7 Å². The molecule has 3 rings (SSSR count). The standard InChI is InChI=1S/C20H17ClFNO3S/c1-2-26-17(24)11-15(12-6-4-3-5-7-12)23-20(25)19-18(21)14-9-8-13(22)10-16(14)27-19/h3-10,15H,2,11H2,1H3,(H,23,25). The minimum Gasteiger partial charge on any atom is -0.466 e. The van der Waals surface area contributed by atoms with Gasteiger partial charge in [-0.15, -0.1) is 11.3 Å². The van der Waals surface area contributed by atoms with Gasteiger partial charge in [-0.25, -0.2) is 4.39 Å². The lowest BCUT2D eigenvalue weighted by Crippen LogP contribution is -2.30. The average molecular weight is 406 g/mol. The number of benzene rings is 2. The number of hydrogen-bond acceptors (Lipinski definition) is 4. The van der Waals surface area contributed by atoms with Crippen molar-refractivity contribution in [1.82, 2.24) is 5.32 Å². The van der Waals surface area contributed by atoms with Gasteiger partial charge in [0.2, 0.25) is 0 Å². The molecule has 0 radical (unpaired) electrons. The Labute approximate surface area is 164 Å². The van der Waals surface area contributed by atoms with Gasteiger partial charge in [-0.3, -0.25) is 9.59 Å². The molecule has 1 atom stereocenters. The highest BCUT2D eigenvalue weighted by Crippen LogP contribution is 2.36. The van der Waals surface area contributed by atoms with Crippen molar-refractivity contribution in [1.29, 1.82) is 0 Å². The van der Waals surface area contributed by atoms with E-state index in [1.807, 2.05) is 30.3 Å². The Morgan fingerprint density at radius 3 is 2.67 bits per heavy atom. The number of fused-ring (bicyclic) bond motifs is 1. The fourth-order valence-electron chi connectivity index (χ4n) is 2.73. The monoisotopic (exact) mass is 405 g/mol. The molecule has 0 aliphatic heterocycles. The first-order chi connectivity index (χ1) is 13.0. The third-order valence-electron chi connectivity index (χ3n) is 3.98. The van der Waals surface area contributed by atoms with Crippen LogP contribution in [-0.4, -0.2) is 18.5 Å². The first-order valence-corrected chi connectivity index (χ1v) is 9.58. The lowest BCUT2D eigenvalue weighted by atomic mass is 10.0. The summed E-state index contributed by atoms with van der Waals surface area (Å²) in [6.45, 7) is 1.99. The summed E-state index contributed by atoms with van der Waals surface area (Å²) in [5, 5.41) is 3.74. The van der Waals surface area contributed by atoms with E-state index in [9.17, 15) is 14.0 Å². The molecule has 1 amide bonds. The SMILES string of the molecule is CCOC(=O)CC(NC(=O)c1sc2cc(F)ccc2c1Cl)c1ccccc1. The zero-order chi connectivity index (χ0) is 19.4. The van der Waals surface area contributed by atoms with Crippen LogP contribution in [0.3, 0.4) is 0 Å². The van der Waals surface area contributed by atoms with Gasteiger partial charge in [-0.1, -0.05) is 41.9 Å². The smallest absolute Gasteiger partial charge is 0.308 e. The van der Waals surface area contributed by atoms with Crippen molar-refractivity contribution in [3.63, 3.8) is 0 Å². The molecule has 2 aromatic carbocycles. The van der Waals surface area contributed by atoms with Crippen molar-refractivity contribution >= 4 is 44.9 Å². The van der Waals surface area contributed by atoms with Crippen molar-refractivity contribution in [2.75, 3.05) is 6.61 Å². The molecule has 0 bridgehead atoms. The minimum absolute atomic E-state index is 0.000730. The average Bonchev–Trinajstić information content (AvgIpc) is 2.98. The molecule has 1 heterocycles. The molecule has 0 fully saturated rings. The van der Waals surface area contributed by atoms with Gasteiger partial charge in [0.05, 0.1) is 24.1 Å². The number of hydrogen-bond donors (Lipinski definition) is 1. The quantitative estimate of drug-likeness (QED) is 0.579. The number of ether oxygens (including phenoxy) is 1. The second-order valence-corrected chi connectivity index (χ2v) is 7.26. The highest BCUT2D eigenvalue weighted by Gasteiger charge is 2.23. The molecule has 1 N–H and O–H groups in total. The molecule has 0 spiro atoms. The molecule has 1 unspecified atom stereocenters. The van der Waals surface area contributed by atoms with Gasteiger partial charge in [0.15, 0.2) is 0 Å². The molecule has 3 aromatic rings. The molecular formula is C20H17ClFNO3S. The normalized spacial score (nSPS) is 12.0. The second-order valence-electron chi connectivity index (χ2n) is 5.83. The molecule has 0 aliphatic rings. The van der Waals surface area contributed by atoms with E-state index in [1.165, 1.54) is 12.1 Å². The topological polar surface area (TPSA) is 55.4 Å². The molecule has 140 valence electrons. The summed E-state index contributed by atoms with van der Waals surface area (Å²) >= 11 is 7.44. The fourth-order valence-corrected chi connectivity index (χ4v) is 4.18.